The van der Waals surface area contributed by atoms with Gasteiger partial charge in [0.15, 0.2) is 0 Å². The van der Waals surface area contributed by atoms with Crippen molar-refractivity contribution in [1.82, 2.24) is 14.9 Å². The lowest BCUT2D eigenvalue weighted by atomic mass is 10.1. The lowest BCUT2D eigenvalue weighted by molar-refractivity contribution is 0.0526. The van der Waals surface area contributed by atoms with E-state index >= 15 is 0 Å². The van der Waals surface area contributed by atoms with Crippen LogP contribution in [0.25, 0.3) is 11.1 Å². The summed E-state index contributed by atoms with van der Waals surface area (Å²) in [7, 11) is 0. The van der Waals surface area contributed by atoms with Crippen LogP contribution >= 0.6 is 11.6 Å². The van der Waals surface area contributed by atoms with Gasteiger partial charge in [0.1, 0.15) is 23.0 Å². The van der Waals surface area contributed by atoms with Gasteiger partial charge in [-0.15, -0.1) is 0 Å². The van der Waals surface area contributed by atoms with Crippen molar-refractivity contribution in [3.05, 3.63) is 45.9 Å². The number of carbonyl (C=O) groups excluding carboxylic acids is 1. The molecule has 8 nitrogen and oxygen atoms in total. The van der Waals surface area contributed by atoms with E-state index in [0.29, 0.717) is 40.7 Å². The zero-order valence-electron chi connectivity index (χ0n) is 20.3. The molecule has 0 atom stereocenters. The Morgan fingerprint density at radius 3 is 2.68 bits per heavy atom. The molecule has 1 N–H and O–H groups in total. The predicted molar refractivity (Wildman–Crippen MR) is 135 cm³/mol. The molecule has 1 aliphatic rings. The number of nitrogens with zero attached hydrogens (tertiary/aromatic N) is 4. The number of piperazine rings is 1. The van der Waals surface area contributed by atoms with Crippen molar-refractivity contribution < 1.29 is 13.9 Å². The Labute approximate surface area is 205 Å². The van der Waals surface area contributed by atoms with Crippen LogP contribution in [0.4, 0.5) is 11.5 Å². The Hall–Kier alpha value is -2.84. The molecular formula is C25H32ClN5O3. The molecule has 0 spiro atoms. The number of furan rings is 1. The van der Waals surface area contributed by atoms with Crippen molar-refractivity contribution in [1.29, 1.82) is 0 Å². The number of hydrogen-bond donors (Lipinski definition) is 1. The molecule has 182 valence electrons. The van der Waals surface area contributed by atoms with Crippen molar-refractivity contribution in [3.8, 4) is 0 Å². The van der Waals surface area contributed by atoms with E-state index in [1.165, 1.54) is 11.3 Å². The van der Waals surface area contributed by atoms with Crippen LogP contribution in [0, 0.1) is 20.8 Å². The Bertz CT molecular complexity index is 1170. The van der Waals surface area contributed by atoms with E-state index in [2.05, 4.69) is 44.1 Å². The first-order valence-corrected chi connectivity index (χ1v) is 12.2. The number of rotatable bonds is 8. The zero-order chi connectivity index (χ0) is 24.2. The van der Waals surface area contributed by atoms with E-state index < -0.39 is 5.97 Å². The van der Waals surface area contributed by atoms with Crippen LogP contribution in [0.3, 0.4) is 0 Å². The fourth-order valence-electron chi connectivity index (χ4n) is 4.44. The topological polar surface area (TPSA) is 83.7 Å². The fraction of sp³-hybridized carbons (Fsp3) is 0.480. The van der Waals surface area contributed by atoms with Gasteiger partial charge in [-0.2, -0.15) is 4.98 Å². The molecular weight excluding hydrogens is 454 g/mol. The fourth-order valence-corrected chi connectivity index (χ4v) is 4.61. The summed E-state index contributed by atoms with van der Waals surface area (Å²) in [6.45, 7) is 13.5. The van der Waals surface area contributed by atoms with E-state index in [9.17, 15) is 4.79 Å². The molecule has 2 aromatic heterocycles. The van der Waals surface area contributed by atoms with Gasteiger partial charge in [-0.25, -0.2) is 9.78 Å². The number of aryl methyl sites for hydroxylation is 3. The monoisotopic (exact) mass is 485 g/mol. The van der Waals surface area contributed by atoms with Crippen molar-refractivity contribution in [2.75, 3.05) is 56.1 Å². The molecule has 1 fully saturated rings. The number of nitrogens with one attached hydrogen (secondary N) is 1. The van der Waals surface area contributed by atoms with E-state index in [-0.39, 0.29) is 0 Å². The normalized spacial score (nSPS) is 14.6. The second-order valence-corrected chi connectivity index (χ2v) is 9.03. The number of benzene rings is 1. The van der Waals surface area contributed by atoms with Crippen LogP contribution in [-0.4, -0.2) is 66.7 Å². The Morgan fingerprint density at radius 2 is 1.94 bits per heavy atom. The first-order valence-electron chi connectivity index (χ1n) is 11.8. The van der Waals surface area contributed by atoms with Crippen LogP contribution < -0.4 is 10.2 Å². The average molecular weight is 486 g/mol. The van der Waals surface area contributed by atoms with Crippen LogP contribution in [0.15, 0.2) is 22.6 Å². The number of halogens is 1. The summed E-state index contributed by atoms with van der Waals surface area (Å²) in [6.07, 6.45) is 0.951. The minimum absolute atomic E-state index is 0.296. The first-order chi connectivity index (χ1) is 16.4. The SMILES string of the molecule is CCOC(=O)c1c(C)oc2nc(C)nc(NCCCN3CCN(c4cc(Cl)ccc4C)CC3)c12. The van der Waals surface area contributed by atoms with Crippen molar-refractivity contribution in [2.24, 2.45) is 0 Å². The summed E-state index contributed by atoms with van der Waals surface area (Å²) in [4.78, 5) is 26.3. The molecule has 9 heteroatoms. The summed E-state index contributed by atoms with van der Waals surface area (Å²) in [5, 5.41) is 4.77. The van der Waals surface area contributed by atoms with Gasteiger partial charge in [-0.3, -0.25) is 4.90 Å². The van der Waals surface area contributed by atoms with Gasteiger partial charge < -0.3 is 19.4 Å². The van der Waals surface area contributed by atoms with E-state index in [1.54, 1.807) is 13.8 Å². The average Bonchev–Trinajstić information content (AvgIpc) is 3.14. The van der Waals surface area contributed by atoms with Crippen LogP contribution in [0.5, 0.6) is 0 Å². The van der Waals surface area contributed by atoms with Gasteiger partial charge in [0, 0.05) is 43.4 Å². The van der Waals surface area contributed by atoms with Gasteiger partial charge in [0.25, 0.3) is 0 Å². The molecule has 34 heavy (non-hydrogen) atoms. The standard InChI is InChI=1S/C25H32ClN5O3/c1-5-33-25(32)21-17(3)34-24-22(21)23(28-18(4)29-24)27-9-6-10-30-11-13-31(14-12-30)20-15-19(26)8-7-16(20)2/h7-8,15H,5-6,9-14H2,1-4H3,(H,27,28,29). The highest BCUT2D eigenvalue weighted by Gasteiger charge is 2.24. The minimum Gasteiger partial charge on any atom is -0.462 e. The molecule has 4 rings (SSSR count). The highest BCUT2D eigenvalue weighted by molar-refractivity contribution is 6.30. The molecule has 3 heterocycles. The summed E-state index contributed by atoms with van der Waals surface area (Å²) in [6, 6.07) is 6.08. The Morgan fingerprint density at radius 1 is 1.18 bits per heavy atom. The third kappa shape index (κ3) is 5.28. The molecule has 1 saturated heterocycles. The minimum atomic E-state index is -0.415. The summed E-state index contributed by atoms with van der Waals surface area (Å²) in [5.41, 5.74) is 3.28. The molecule has 0 saturated carbocycles. The van der Waals surface area contributed by atoms with Gasteiger partial charge >= 0.3 is 5.97 Å². The summed E-state index contributed by atoms with van der Waals surface area (Å²) >= 11 is 6.21. The number of fused-ring (bicyclic) bond motifs is 1. The highest BCUT2D eigenvalue weighted by Crippen LogP contribution is 2.30. The molecule has 0 bridgehead atoms. The Kier molecular flexibility index (Phi) is 7.58. The van der Waals surface area contributed by atoms with Gasteiger partial charge in [-0.1, -0.05) is 17.7 Å². The maximum atomic E-state index is 12.5. The van der Waals surface area contributed by atoms with E-state index in [1.807, 2.05) is 13.0 Å². The maximum absolute atomic E-state index is 12.5. The zero-order valence-corrected chi connectivity index (χ0v) is 21.0. The van der Waals surface area contributed by atoms with Gasteiger partial charge in [0.2, 0.25) is 5.71 Å². The van der Waals surface area contributed by atoms with Crippen LogP contribution in [-0.2, 0) is 4.74 Å². The Balaban J connectivity index is 1.34. The van der Waals surface area contributed by atoms with Crippen molar-refractivity contribution in [3.63, 3.8) is 0 Å². The molecule has 1 aromatic carbocycles. The predicted octanol–water partition coefficient (Wildman–Crippen LogP) is 4.60. The molecule has 3 aromatic rings. The van der Waals surface area contributed by atoms with Crippen LogP contribution in [0.1, 0.15) is 40.9 Å². The second-order valence-electron chi connectivity index (χ2n) is 8.59. The third-order valence-corrected chi connectivity index (χ3v) is 6.38. The molecule has 0 unspecified atom stereocenters. The number of esters is 1. The quantitative estimate of drug-likeness (QED) is 0.366. The second kappa shape index (κ2) is 10.6. The molecule has 0 amide bonds. The van der Waals surface area contributed by atoms with Gasteiger partial charge in [-0.05, 0) is 58.4 Å². The third-order valence-electron chi connectivity index (χ3n) is 6.15. The molecule has 0 radical (unpaired) electrons. The number of aromatic nitrogens is 2. The summed E-state index contributed by atoms with van der Waals surface area (Å²) in [5.74, 6) is 1.28. The number of ether oxygens (including phenoxy) is 1. The maximum Gasteiger partial charge on any atom is 0.342 e. The van der Waals surface area contributed by atoms with Crippen molar-refractivity contribution >= 4 is 40.2 Å². The van der Waals surface area contributed by atoms with Crippen molar-refractivity contribution in [2.45, 2.75) is 34.1 Å². The largest absolute Gasteiger partial charge is 0.462 e. The lowest BCUT2D eigenvalue weighted by Gasteiger charge is -2.37. The smallest absolute Gasteiger partial charge is 0.342 e. The molecule has 0 aliphatic carbocycles. The summed E-state index contributed by atoms with van der Waals surface area (Å²) < 4.78 is 11.0. The van der Waals surface area contributed by atoms with Gasteiger partial charge in [0.05, 0.1) is 12.0 Å². The highest BCUT2D eigenvalue weighted by atomic mass is 35.5. The van der Waals surface area contributed by atoms with E-state index in [4.69, 9.17) is 20.8 Å². The number of anilines is 2. The lowest BCUT2D eigenvalue weighted by Crippen LogP contribution is -2.47. The molecule has 1 aliphatic heterocycles. The van der Waals surface area contributed by atoms with E-state index in [0.717, 1.165) is 50.7 Å². The number of carbonyl (C=O) groups is 1. The van der Waals surface area contributed by atoms with Crippen LogP contribution in [0.2, 0.25) is 5.02 Å². The number of hydrogen-bond acceptors (Lipinski definition) is 8. The first kappa shape index (κ1) is 24.3.